The Balaban J connectivity index is 1.86. The second kappa shape index (κ2) is 9.32. The highest BCUT2D eigenvalue weighted by Crippen LogP contribution is 2.47. The van der Waals surface area contributed by atoms with Gasteiger partial charge < -0.3 is 20.1 Å². The van der Waals surface area contributed by atoms with Crippen molar-refractivity contribution < 1.29 is 34.4 Å². The summed E-state index contributed by atoms with van der Waals surface area (Å²) >= 11 is 3.06. The monoisotopic (exact) mass is 524 g/mol. The number of rotatable bonds is 7. The van der Waals surface area contributed by atoms with Gasteiger partial charge in [0, 0.05) is 16.7 Å². The zero-order chi connectivity index (χ0) is 24.5. The number of ketones is 3. The number of carbonyl (C=O) groups excluding carboxylic acids is 3. The first-order valence-corrected chi connectivity index (χ1v) is 11.4. The van der Waals surface area contributed by atoms with Gasteiger partial charge in [0.15, 0.2) is 16.4 Å². The molecule has 3 N–H and O–H groups in total. The fraction of sp³-hybridized carbons (Fsp3) is 0.192. The Morgan fingerprint density at radius 1 is 0.706 bits per heavy atom. The number of carbonyl (C=O) groups is 3. The number of hydrogen-bond acceptors (Lipinski definition) is 7. The molecule has 0 radical (unpaired) electrons. The smallest absolute Gasteiger partial charge is 0.203 e. The van der Waals surface area contributed by atoms with Crippen LogP contribution in [-0.4, -0.2) is 61.1 Å². The highest BCUT2D eigenvalue weighted by Gasteiger charge is 2.74. The lowest BCUT2D eigenvalue weighted by molar-refractivity contribution is -0.105. The van der Waals surface area contributed by atoms with Crippen LogP contribution < -0.4 is 0 Å². The van der Waals surface area contributed by atoms with Crippen molar-refractivity contribution in [3.05, 3.63) is 108 Å². The molecular weight excluding hydrogens is 504 g/mol. The summed E-state index contributed by atoms with van der Waals surface area (Å²) in [7, 11) is 0. The van der Waals surface area contributed by atoms with Crippen LogP contribution in [0.3, 0.4) is 0 Å². The third-order valence-electron chi connectivity index (χ3n) is 5.97. The van der Waals surface area contributed by atoms with E-state index in [9.17, 15) is 29.7 Å². The Morgan fingerprint density at radius 3 is 1.53 bits per heavy atom. The number of alkyl halides is 1. The minimum Gasteiger partial charge on any atom is -0.382 e. The molecule has 0 aromatic heterocycles. The molecule has 3 aromatic rings. The number of aliphatic hydroxyl groups is 3. The van der Waals surface area contributed by atoms with Gasteiger partial charge in [0.1, 0.15) is 12.2 Å². The second-order valence-electron chi connectivity index (χ2n) is 7.97. The van der Waals surface area contributed by atoms with Gasteiger partial charge in [-0.2, -0.15) is 0 Å². The van der Waals surface area contributed by atoms with E-state index in [0.717, 1.165) is 0 Å². The Labute approximate surface area is 203 Å². The van der Waals surface area contributed by atoms with Gasteiger partial charge in [-0.25, -0.2) is 0 Å². The van der Waals surface area contributed by atoms with Gasteiger partial charge in [-0.3, -0.25) is 14.4 Å². The van der Waals surface area contributed by atoms with Gasteiger partial charge >= 0.3 is 0 Å². The average Bonchev–Trinajstić information content (AvgIpc) is 3.10. The zero-order valence-corrected chi connectivity index (χ0v) is 19.3. The summed E-state index contributed by atoms with van der Waals surface area (Å²) in [6.07, 6.45) is -4.03. The van der Waals surface area contributed by atoms with Crippen LogP contribution in [0.15, 0.2) is 91.0 Å². The SMILES string of the molecule is O=C(c1ccccc1)C(O)[C@H]1OC(Br)[C@@](O)(C(=O)c2ccccc2)[C@@]1(O)C(=O)c1ccccc1. The quantitative estimate of drug-likeness (QED) is 0.320. The summed E-state index contributed by atoms with van der Waals surface area (Å²) in [5, 5.41) is 32.9. The summed E-state index contributed by atoms with van der Waals surface area (Å²) < 4.78 is 5.59. The van der Waals surface area contributed by atoms with Crippen molar-refractivity contribution in [3.8, 4) is 0 Å². The Morgan fingerprint density at radius 2 is 1.09 bits per heavy atom. The molecule has 1 heterocycles. The van der Waals surface area contributed by atoms with Crippen LogP contribution in [0.1, 0.15) is 31.1 Å². The average molecular weight is 525 g/mol. The summed E-state index contributed by atoms with van der Waals surface area (Å²) in [6, 6.07) is 22.8. The largest absolute Gasteiger partial charge is 0.382 e. The van der Waals surface area contributed by atoms with Crippen LogP contribution >= 0.6 is 15.9 Å². The van der Waals surface area contributed by atoms with E-state index in [1.165, 1.54) is 48.5 Å². The molecule has 5 atom stereocenters. The van der Waals surface area contributed by atoms with Crippen molar-refractivity contribution in [2.24, 2.45) is 0 Å². The number of halogens is 1. The normalized spacial score (nSPS) is 27.2. The van der Waals surface area contributed by atoms with Gasteiger partial charge in [0.25, 0.3) is 0 Å². The van der Waals surface area contributed by atoms with Crippen LogP contribution in [0.4, 0.5) is 0 Å². The number of aliphatic hydroxyl groups excluding tert-OH is 1. The van der Waals surface area contributed by atoms with Gasteiger partial charge in [0.05, 0.1) is 0 Å². The van der Waals surface area contributed by atoms with Gasteiger partial charge in [0.2, 0.25) is 17.2 Å². The van der Waals surface area contributed by atoms with E-state index >= 15 is 0 Å². The molecule has 1 aliphatic heterocycles. The fourth-order valence-electron chi connectivity index (χ4n) is 4.13. The molecule has 0 aliphatic carbocycles. The van der Waals surface area contributed by atoms with E-state index in [1.807, 2.05) is 0 Å². The summed E-state index contributed by atoms with van der Waals surface area (Å²) in [5.74, 6) is -2.93. The van der Waals surface area contributed by atoms with Crippen molar-refractivity contribution in [1.82, 2.24) is 0 Å². The predicted molar refractivity (Wildman–Crippen MR) is 126 cm³/mol. The van der Waals surface area contributed by atoms with Gasteiger partial charge in [-0.1, -0.05) is 107 Å². The molecule has 2 unspecified atom stereocenters. The van der Waals surface area contributed by atoms with E-state index in [1.54, 1.807) is 42.5 Å². The molecule has 34 heavy (non-hydrogen) atoms. The van der Waals surface area contributed by atoms with Crippen LogP contribution in [0.2, 0.25) is 0 Å². The molecule has 4 rings (SSSR count). The van der Waals surface area contributed by atoms with Crippen LogP contribution in [-0.2, 0) is 4.74 Å². The zero-order valence-electron chi connectivity index (χ0n) is 17.7. The third kappa shape index (κ3) is 3.73. The Hall–Kier alpha value is -3.01. The first-order chi connectivity index (χ1) is 16.2. The maximum atomic E-state index is 13.7. The molecule has 174 valence electrons. The van der Waals surface area contributed by atoms with Crippen molar-refractivity contribution in [3.63, 3.8) is 0 Å². The number of benzene rings is 3. The molecule has 1 aliphatic rings. The molecule has 7 nitrogen and oxygen atoms in total. The minimum absolute atomic E-state index is 0.00172. The summed E-state index contributed by atoms with van der Waals surface area (Å²) in [5.41, 5.74) is -5.83. The van der Waals surface area contributed by atoms with E-state index < -0.39 is 45.8 Å². The molecular formula is C26H21BrO7. The van der Waals surface area contributed by atoms with Crippen molar-refractivity contribution >= 4 is 33.3 Å². The maximum Gasteiger partial charge on any atom is 0.203 e. The first kappa shape index (κ1) is 24.1. The molecule has 0 saturated carbocycles. The Bertz CT molecular complexity index is 1200. The number of Topliss-reactive ketones (excluding diaryl/α,β-unsaturated/α-hetero) is 3. The lowest BCUT2D eigenvalue weighted by atomic mass is 9.70. The molecule has 1 fully saturated rings. The van der Waals surface area contributed by atoms with E-state index in [0.29, 0.717) is 0 Å². The molecule has 0 bridgehead atoms. The van der Waals surface area contributed by atoms with Gasteiger partial charge in [-0.15, -0.1) is 0 Å². The topological polar surface area (TPSA) is 121 Å². The number of ether oxygens (including phenoxy) is 1. The van der Waals surface area contributed by atoms with E-state index in [2.05, 4.69) is 15.9 Å². The fourth-order valence-corrected chi connectivity index (χ4v) is 4.92. The van der Waals surface area contributed by atoms with Crippen molar-refractivity contribution in [2.45, 2.75) is 28.4 Å². The van der Waals surface area contributed by atoms with Gasteiger partial charge in [-0.05, 0) is 0 Å². The van der Waals surface area contributed by atoms with Crippen LogP contribution in [0, 0.1) is 0 Å². The Kier molecular flexibility index (Phi) is 6.62. The van der Waals surface area contributed by atoms with Crippen LogP contribution in [0.25, 0.3) is 0 Å². The molecule has 0 spiro atoms. The van der Waals surface area contributed by atoms with Crippen molar-refractivity contribution in [2.75, 3.05) is 0 Å². The summed E-state index contributed by atoms with van der Waals surface area (Å²) in [6.45, 7) is 0. The molecule has 3 aromatic carbocycles. The van der Waals surface area contributed by atoms with Crippen LogP contribution in [0.5, 0.6) is 0 Å². The molecule has 8 heteroatoms. The lowest BCUT2D eigenvalue weighted by Crippen LogP contribution is -2.69. The second-order valence-corrected chi connectivity index (χ2v) is 8.80. The molecule has 0 amide bonds. The first-order valence-electron chi connectivity index (χ1n) is 10.4. The minimum atomic E-state index is -3.01. The highest BCUT2D eigenvalue weighted by molar-refractivity contribution is 9.09. The third-order valence-corrected chi connectivity index (χ3v) is 6.84. The number of hydrogen-bond donors (Lipinski definition) is 3. The predicted octanol–water partition coefficient (Wildman–Crippen LogP) is 2.58. The maximum absolute atomic E-state index is 13.7. The van der Waals surface area contributed by atoms with Crippen molar-refractivity contribution in [1.29, 1.82) is 0 Å². The van der Waals surface area contributed by atoms with E-state index in [4.69, 9.17) is 4.74 Å². The standard InChI is InChI=1S/C26H21BrO7/c27-24-26(33,22(31)18-14-8-3-9-15-18)25(32,21(30)17-12-6-2-7-13-17)23(34-24)20(29)19(28)16-10-4-1-5-11-16/h1-15,20,23-24,29,32-33H/t20?,23-,24?,25-,26+/m1/s1. The summed E-state index contributed by atoms with van der Waals surface area (Å²) in [4.78, 5) is 40.2. The lowest BCUT2D eigenvalue weighted by Gasteiger charge is -2.38. The highest BCUT2D eigenvalue weighted by atomic mass is 79.9. The van der Waals surface area contributed by atoms with E-state index in [-0.39, 0.29) is 16.7 Å². The molecule has 1 saturated heterocycles.